The predicted molar refractivity (Wildman–Crippen MR) is 141 cm³/mol. The number of aliphatic hydroxyl groups excluding tert-OH is 1. The molecule has 1 amide bonds. The van der Waals surface area contributed by atoms with Gasteiger partial charge in [0.15, 0.2) is 0 Å². The summed E-state index contributed by atoms with van der Waals surface area (Å²) in [6.07, 6.45) is 3.41. The lowest BCUT2D eigenvalue weighted by molar-refractivity contribution is -0.136. The van der Waals surface area contributed by atoms with E-state index >= 15 is 0 Å². The third kappa shape index (κ3) is 6.18. The molecule has 8 nitrogen and oxygen atoms in total. The van der Waals surface area contributed by atoms with Crippen molar-refractivity contribution in [3.8, 4) is 0 Å². The molecule has 2 fully saturated rings. The average Bonchev–Trinajstić information content (AvgIpc) is 3.32. The van der Waals surface area contributed by atoms with Gasteiger partial charge in [-0.2, -0.15) is 13.2 Å². The largest absolute Gasteiger partial charge is 0.444 e. The molecule has 0 aromatic carbocycles. The zero-order valence-corrected chi connectivity index (χ0v) is 23.0. The van der Waals surface area contributed by atoms with Gasteiger partial charge in [0.05, 0.1) is 30.3 Å². The van der Waals surface area contributed by atoms with E-state index in [-0.39, 0.29) is 36.1 Å². The van der Waals surface area contributed by atoms with Crippen LogP contribution in [0.5, 0.6) is 0 Å². The Morgan fingerprint density at radius 2 is 1.90 bits per heavy atom. The van der Waals surface area contributed by atoms with E-state index in [0.717, 1.165) is 48.0 Å². The van der Waals surface area contributed by atoms with Gasteiger partial charge in [0.1, 0.15) is 5.60 Å². The zero-order valence-electron chi connectivity index (χ0n) is 23.0. The number of rotatable bonds is 5. The monoisotopic (exact) mass is 549 g/mol. The van der Waals surface area contributed by atoms with Gasteiger partial charge in [0, 0.05) is 29.3 Å². The molecule has 2 aromatic heterocycles. The Morgan fingerprint density at radius 3 is 2.54 bits per heavy atom. The van der Waals surface area contributed by atoms with Crippen LogP contribution in [-0.4, -0.2) is 66.7 Å². The molecule has 214 valence electrons. The lowest BCUT2D eigenvalue weighted by Gasteiger charge is -2.35. The summed E-state index contributed by atoms with van der Waals surface area (Å²) in [7, 11) is 0. The van der Waals surface area contributed by atoms with E-state index < -0.39 is 24.2 Å². The second-order valence-electron chi connectivity index (χ2n) is 12.3. The lowest BCUT2D eigenvalue weighted by Crippen LogP contribution is -2.45. The van der Waals surface area contributed by atoms with Gasteiger partial charge in [-0.05, 0) is 84.3 Å². The number of carbonyl (C=O) groups excluding carboxylic acids is 1. The summed E-state index contributed by atoms with van der Waals surface area (Å²) >= 11 is 0. The Morgan fingerprint density at radius 1 is 1.18 bits per heavy atom. The molecule has 1 saturated carbocycles. The molecule has 0 unspecified atom stereocenters. The van der Waals surface area contributed by atoms with Crippen molar-refractivity contribution in [1.82, 2.24) is 19.5 Å². The highest BCUT2D eigenvalue weighted by molar-refractivity contribution is 5.82. The molecule has 2 aliphatic heterocycles. The standard InChI is InChI=1S/C28H38F3N5O3/c1-16(14-28(29,30)31)33-25-32-15-24-22(13-23(36(24)34-25)17-5-9-21(37)10-6-17)18-11-19-7-8-20(12-18)35(19)26(38)39-27(2,3)4/h11,13,15-17,19-21,37H,5-10,12,14H2,1-4H3,(H,33,34)/t16-,17-,19-,20+,21-/m1/s1. The van der Waals surface area contributed by atoms with Gasteiger partial charge in [-0.15, -0.1) is 5.10 Å². The first kappa shape index (κ1) is 27.7. The molecule has 3 atom stereocenters. The van der Waals surface area contributed by atoms with Crippen LogP contribution in [0.15, 0.2) is 18.3 Å². The molecular formula is C28H38F3N5O3. The SMILES string of the molecule is C[C@H](CC(F)(F)F)Nc1ncc2c(C3=C[C@H]4CC[C@@H](C3)N4C(=O)OC(C)(C)C)cc([C@H]3CC[C@H](O)CC3)n2n1. The number of nitrogens with one attached hydrogen (secondary N) is 1. The van der Waals surface area contributed by atoms with Crippen LogP contribution < -0.4 is 5.32 Å². The number of carbonyl (C=O) groups is 1. The highest BCUT2D eigenvalue weighted by Crippen LogP contribution is 2.43. The first-order chi connectivity index (χ1) is 18.3. The maximum absolute atomic E-state index is 12.9. The molecule has 0 radical (unpaired) electrons. The Balaban J connectivity index is 1.48. The normalized spacial score (nSPS) is 26.5. The fraction of sp³-hybridized carbons (Fsp3) is 0.679. The minimum Gasteiger partial charge on any atom is -0.444 e. The molecule has 2 aromatic rings. The quantitative estimate of drug-likeness (QED) is 0.471. The molecule has 3 aliphatic rings. The van der Waals surface area contributed by atoms with Crippen molar-refractivity contribution in [2.24, 2.45) is 0 Å². The van der Waals surface area contributed by atoms with Gasteiger partial charge in [0.2, 0.25) is 5.95 Å². The van der Waals surface area contributed by atoms with Crippen molar-refractivity contribution >= 4 is 23.1 Å². The smallest absolute Gasteiger partial charge is 0.411 e. The fourth-order valence-electron chi connectivity index (χ4n) is 6.25. The van der Waals surface area contributed by atoms with Crippen LogP contribution >= 0.6 is 0 Å². The molecule has 2 N–H and O–H groups in total. The summed E-state index contributed by atoms with van der Waals surface area (Å²) in [5.74, 6) is 0.316. The third-order valence-electron chi connectivity index (χ3n) is 7.92. The van der Waals surface area contributed by atoms with Crippen molar-refractivity contribution in [1.29, 1.82) is 0 Å². The van der Waals surface area contributed by atoms with Crippen molar-refractivity contribution in [2.75, 3.05) is 5.32 Å². The topological polar surface area (TPSA) is 92.0 Å². The van der Waals surface area contributed by atoms with Gasteiger partial charge in [-0.25, -0.2) is 14.3 Å². The van der Waals surface area contributed by atoms with Gasteiger partial charge in [-0.1, -0.05) is 6.08 Å². The molecule has 2 bridgehead atoms. The van der Waals surface area contributed by atoms with Gasteiger partial charge in [-0.3, -0.25) is 4.90 Å². The number of aromatic nitrogens is 3. The summed E-state index contributed by atoms with van der Waals surface area (Å²) < 4.78 is 46.2. The number of alkyl halides is 3. The molecule has 4 heterocycles. The van der Waals surface area contributed by atoms with Crippen LogP contribution in [0.4, 0.5) is 23.9 Å². The molecule has 5 rings (SSSR count). The Labute approximate surface area is 226 Å². The lowest BCUT2D eigenvalue weighted by atomic mass is 9.85. The van der Waals surface area contributed by atoms with Crippen molar-refractivity contribution < 1.29 is 27.8 Å². The van der Waals surface area contributed by atoms with Crippen molar-refractivity contribution in [2.45, 2.75) is 121 Å². The van der Waals surface area contributed by atoms with Gasteiger partial charge < -0.3 is 15.2 Å². The van der Waals surface area contributed by atoms with Crippen molar-refractivity contribution in [3.63, 3.8) is 0 Å². The molecule has 11 heteroatoms. The number of amides is 1. The first-order valence-electron chi connectivity index (χ1n) is 13.9. The minimum absolute atomic E-state index is 0.0400. The van der Waals surface area contributed by atoms with Crippen LogP contribution in [0, 0.1) is 0 Å². The highest BCUT2D eigenvalue weighted by Gasteiger charge is 2.42. The maximum Gasteiger partial charge on any atom is 0.411 e. The molecule has 1 aliphatic carbocycles. The van der Waals surface area contributed by atoms with Gasteiger partial charge in [0.25, 0.3) is 0 Å². The zero-order chi connectivity index (χ0) is 28.1. The van der Waals surface area contributed by atoms with E-state index in [1.165, 1.54) is 6.92 Å². The summed E-state index contributed by atoms with van der Waals surface area (Å²) in [4.78, 5) is 19.2. The summed E-state index contributed by atoms with van der Waals surface area (Å²) in [5.41, 5.74) is 3.32. The molecule has 0 spiro atoms. The molecular weight excluding hydrogens is 511 g/mol. The fourth-order valence-corrected chi connectivity index (χ4v) is 6.25. The second-order valence-corrected chi connectivity index (χ2v) is 12.3. The molecule has 39 heavy (non-hydrogen) atoms. The predicted octanol–water partition coefficient (Wildman–Crippen LogP) is 6.06. The Bertz CT molecular complexity index is 1240. The third-order valence-corrected chi connectivity index (χ3v) is 7.92. The van der Waals surface area contributed by atoms with Crippen LogP contribution in [0.1, 0.15) is 96.2 Å². The number of fused-ring (bicyclic) bond motifs is 3. The second kappa shape index (κ2) is 10.3. The van der Waals surface area contributed by atoms with Crippen LogP contribution in [-0.2, 0) is 4.74 Å². The van der Waals surface area contributed by atoms with E-state index in [4.69, 9.17) is 4.74 Å². The van der Waals surface area contributed by atoms with E-state index in [2.05, 4.69) is 27.5 Å². The van der Waals surface area contributed by atoms with E-state index in [0.29, 0.717) is 19.3 Å². The van der Waals surface area contributed by atoms with E-state index in [1.54, 1.807) is 6.20 Å². The van der Waals surface area contributed by atoms with Crippen LogP contribution in [0.2, 0.25) is 0 Å². The number of aliphatic hydroxyl groups is 1. The average molecular weight is 550 g/mol. The van der Waals surface area contributed by atoms with Crippen molar-refractivity contribution in [3.05, 3.63) is 29.6 Å². The van der Waals surface area contributed by atoms with Gasteiger partial charge >= 0.3 is 12.3 Å². The number of nitrogens with zero attached hydrogens (tertiary/aromatic N) is 4. The highest BCUT2D eigenvalue weighted by atomic mass is 19.4. The first-order valence-corrected chi connectivity index (χ1v) is 13.9. The van der Waals surface area contributed by atoms with Crippen LogP contribution in [0.3, 0.4) is 0 Å². The van der Waals surface area contributed by atoms with E-state index in [9.17, 15) is 23.1 Å². The molecule has 1 saturated heterocycles. The van der Waals surface area contributed by atoms with Crippen LogP contribution in [0.25, 0.3) is 11.1 Å². The van der Waals surface area contributed by atoms with E-state index in [1.807, 2.05) is 30.2 Å². The number of anilines is 1. The Hall–Kier alpha value is -2.82. The number of hydrogen-bond acceptors (Lipinski definition) is 6. The number of halogens is 3. The number of hydrogen-bond donors (Lipinski definition) is 2. The Kier molecular flexibility index (Phi) is 7.32. The minimum atomic E-state index is -4.29. The summed E-state index contributed by atoms with van der Waals surface area (Å²) in [5, 5.41) is 17.5. The number of ether oxygens (including phenoxy) is 1. The maximum atomic E-state index is 12.9. The summed E-state index contributed by atoms with van der Waals surface area (Å²) in [6.45, 7) is 7.06. The summed E-state index contributed by atoms with van der Waals surface area (Å²) in [6, 6.07) is 1.24.